The Hall–Kier alpha value is -3.52. The molecule has 0 spiro atoms. The van der Waals surface area contributed by atoms with Gasteiger partial charge in [-0.3, -0.25) is 9.69 Å². The zero-order chi connectivity index (χ0) is 21.6. The number of carbonyl (C=O) groups is 1. The van der Waals surface area contributed by atoms with Gasteiger partial charge in [-0.15, -0.1) is 4.40 Å². The van der Waals surface area contributed by atoms with Crippen LogP contribution in [0.4, 0.5) is 21.5 Å². The van der Waals surface area contributed by atoms with Crippen molar-refractivity contribution >= 4 is 38.8 Å². The number of halogens is 1. The Morgan fingerprint density at radius 3 is 2.48 bits per heavy atom. The molecule has 6 nitrogen and oxygen atoms in total. The van der Waals surface area contributed by atoms with Gasteiger partial charge in [0, 0.05) is 22.9 Å². The lowest BCUT2D eigenvalue weighted by atomic mass is 10.1. The first-order chi connectivity index (χ1) is 14.9. The van der Waals surface area contributed by atoms with Crippen LogP contribution in [0.25, 0.3) is 0 Å². The molecular weight excluding hydrogens is 417 g/mol. The van der Waals surface area contributed by atoms with E-state index in [0.717, 1.165) is 24.6 Å². The zero-order valence-electron chi connectivity index (χ0n) is 16.3. The van der Waals surface area contributed by atoms with E-state index >= 15 is 0 Å². The van der Waals surface area contributed by atoms with Gasteiger partial charge in [0.15, 0.2) is 0 Å². The quantitative estimate of drug-likeness (QED) is 0.643. The van der Waals surface area contributed by atoms with Crippen molar-refractivity contribution in [1.29, 1.82) is 0 Å². The second-order valence-electron chi connectivity index (χ2n) is 7.52. The maximum atomic E-state index is 13.4. The van der Waals surface area contributed by atoms with Gasteiger partial charge >= 0.3 is 0 Å². The third-order valence-electron chi connectivity index (χ3n) is 5.22. The minimum Gasteiger partial charge on any atom is -0.322 e. The highest BCUT2D eigenvalue weighted by Crippen LogP contribution is 2.44. The molecule has 1 fully saturated rings. The summed E-state index contributed by atoms with van der Waals surface area (Å²) in [6, 6.07) is 19.4. The lowest BCUT2D eigenvalue weighted by Gasteiger charge is -2.31. The van der Waals surface area contributed by atoms with Crippen LogP contribution in [0.3, 0.4) is 0 Å². The van der Waals surface area contributed by atoms with Gasteiger partial charge < -0.3 is 5.32 Å². The van der Waals surface area contributed by atoms with Gasteiger partial charge in [-0.05, 0) is 61.4 Å². The second-order valence-corrected chi connectivity index (χ2v) is 9.09. The van der Waals surface area contributed by atoms with Crippen molar-refractivity contribution in [3.63, 3.8) is 0 Å². The molecule has 0 bridgehead atoms. The third kappa shape index (κ3) is 3.70. The molecule has 3 aromatic carbocycles. The molecule has 31 heavy (non-hydrogen) atoms. The van der Waals surface area contributed by atoms with Crippen molar-refractivity contribution in [2.24, 2.45) is 10.3 Å². The number of carbonyl (C=O) groups excluding carboxylic acids is 1. The van der Waals surface area contributed by atoms with Crippen molar-refractivity contribution in [2.75, 3.05) is 10.2 Å². The number of rotatable bonds is 4. The molecule has 156 valence electrons. The highest BCUT2D eigenvalue weighted by molar-refractivity contribution is 7.90. The van der Waals surface area contributed by atoms with Gasteiger partial charge in [0.05, 0.1) is 5.69 Å². The normalized spacial score (nSPS) is 16.9. The number of anilines is 3. The van der Waals surface area contributed by atoms with Crippen LogP contribution >= 0.6 is 0 Å². The third-order valence-corrected chi connectivity index (χ3v) is 6.53. The Labute approximate surface area is 179 Å². The monoisotopic (exact) mass is 435 g/mol. The van der Waals surface area contributed by atoms with Crippen LogP contribution < -0.4 is 10.2 Å². The van der Waals surface area contributed by atoms with Crippen LogP contribution in [-0.4, -0.2) is 20.2 Å². The van der Waals surface area contributed by atoms with Crippen molar-refractivity contribution in [3.05, 3.63) is 84.2 Å². The summed E-state index contributed by atoms with van der Waals surface area (Å²) in [6.07, 6.45) is 1.80. The first-order valence-electron chi connectivity index (χ1n) is 9.83. The number of hydrogen-bond donors (Lipinski definition) is 1. The molecule has 1 heterocycles. The van der Waals surface area contributed by atoms with Crippen LogP contribution in [0.15, 0.2) is 82.1 Å². The maximum absolute atomic E-state index is 13.4. The maximum Gasteiger partial charge on any atom is 0.286 e. The molecule has 1 aliphatic carbocycles. The van der Waals surface area contributed by atoms with Crippen LogP contribution in [-0.2, 0) is 10.0 Å². The highest BCUT2D eigenvalue weighted by atomic mass is 32.2. The molecule has 1 aliphatic heterocycles. The Morgan fingerprint density at radius 1 is 1.00 bits per heavy atom. The largest absolute Gasteiger partial charge is 0.322 e. The number of sulfonamides is 1. The number of nitrogens with one attached hydrogen (secondary N) is 1. The molecule has 8 heteroatoms. The molecule has 5 rings (SSSR count). The minimum atomic E-state index is -3.93. The number of amides is 1. The van der Waals surface area contributed by atoms with E-state index in [-0.39, 0.29) is 22.1 Å². The number of benzene rings is 3. The molecule has 0 atom stereocenters. The fourth-order valence-corrected chi connectivity index (χ4v) is 4.87. The second kappa shape index (κ2) is 7.31. The standard InChI is InChI=1S/C23H18FN3O3S/c24-17-6-4-5-16(13-17)23(28)25-18-11-12-20-21(14-18)31(29,30)26-22(15-9-10-15)27(20)19-7-2-1-3-8-19/h1-8,11-15H,9-10H2,(H,25,28). The molecule has 0 aromatic heterocycles. The van der Waals surface area contributed by atoms with Crippen molar-refractivity contribution in [3.8, 4) is 0 Å². The Kier molecular flexibility index (Phi) is 4.59. The Balaban J connectivity index is 1.55. The van der Waals surface area contributed by atoms with E-state index in [9.17, 15) is 17.6 Å². The zero-order valence-corrected chi connectivity index (χ0v) is 17.1. The smallest absolute Gasteiger partial charge is 0.286 e. The van der Waals surface area contributed by atoms with E-state index in [4.69, 9.17) is 0 Å². The SMILES string of the molecule is O=C(Nc1ccc2c(c1)S(=O)(=O)N=C(C1CC1)N2c1ccccc1)c1cccc(F)c1. The van der Waals surface area contributed by atoms with Gasteiger partial charge in [-0.1, -0.05) is 24.3 Å². The van der Waals surface area contributed by atoms with Crippen molar-refractivity contribution in [2.45, 2.75) is 17.7 Å². The molecule has 1 N–H and O–H groups in total. The number of hydrogen-bond acceptors (Lipinski definition) is 4. The van der Waals surface area contributed by atoms with E-state index in [2.05, 4.69) is 9.71 Å². The summed E-state index contributed by atoms with van der Waals surface area (Å²) in [5.74, 6) is -0.429. The lowest BCUT2D eigenvalue weighted by molar-refractivity contribution is 0.102. The number of para-hydroxylation sites is 1. The molecule has 0 radical (unpaired) electrons. The summed E-state index contributed by atoms with van der Waals surface area (Å²) in [7, 11) is -3.93. The summed E-state index contributed by atoms with van der Waals surface area (Å²) >= 11 is 0. The average Bonchev–Trinajstić information content (AvgIpc) is 3.60. The number of fused-ring (bicyclic) bond motifs is 1. The van der Waals surface area contributed by atoms with Gasteiger partial charge in [0.25, 0.3) is 15.9 Å². The van der Waals surface area contributed by atoms with Crippen LogP contribution in [0.5, 0.6) is 0 Å². The number of amidine groups is 1. The summed E-state index contributed by atoms with van der Waals surface area (Å²) < 4.78 is 43.5. The summed E-state index contributed by atoms with van der Waals surface area (Å²) in [5, 5.41) is 2.64. The fraction of sp³-hybridized carbons (Fsp3) is 0.130. The average molecular weight is 435 g/mol. The van der Waals surface area contributed by atoms with E-state index in [1.54, 1.807) is 12.1 Å². The molecule has 3 aromatic rings. The minimum absolute atomic E-state index is 0.0118. The summed E-state index contributed by atoms with van der Waals surface area (Å²) in [5.41, 5.74) is 1.74. The van der Waals surface area contributed by atoms with Gasteiger partial charge in [-0.25, -0.2) is 4.39 Å². The van der Waals surface area contributed by atoms with E-state index in [0.29, 0.717) is 11.5 Å². The van der Waals surface area contributed by atoms with E-state index in [1.165, 1.54) is 24.3 Å². The fourth-order valence-electron chi connectivity index (χ4n) is 3.60. The summed E-state index contributed by atoms with van der Waals surface area (Å²) in [6.45, 7) is 0. The molecule has 0 saturated heterocycles. The van der Waals surface area contributed by atoms with Gasteiger partial charge in [0.1, 0.15) is 16.5 Å². The van der Waals surface area contributed by atoms with Crippen molar-refractivity contribution in [1.82, 2.24) is 0 Å². The van der Waals surface area contributed by atoms with E-state index in [1.807, 2.05) is 35.2 Å². The first-order valence-corrected chi connectivity index (χ1v) is 11.3. The van der Waals surface area contributed by atoms with E-state index < -0.39 is 21.7 Å². The molecule has 2 aliphatic rings. The predicted molar refractivity (Wildman–Crippen MR) is 117 cm³/mol. The molecular formula is C23H18FN3O3S. The topological polar surface area (TPSA) is 78.8 Å². The first kappa shape index (κ1) is 19.4. The molecule has 0 unspecified atom stereocenters. The molecule has 1 saturated carbocycles. The van der Waals surface area contributed by atoms with Crippen molar-refractivity contribution < 1.29 is 17.6 Å². The predicted octanol–water partition coefficient (Wildman–Crippen LogP) is 4.73. The Morgan fingerprint density at radius 2 is 1.77 bits per heavy atom. The lowest BCUT2D eigenvalue weighted by Crippen LogP contribution is -2.33. The van der Waals surface area contributed by atoms with Crippen LogP contribution in [0.2, 0.25) is 0 Å². The highest BCUT2D eigenvalue weighted by Gasteiger charge is 2.40. The Bertz CT molecular complexity index is 1320. The van der Waals surface area contributed by atoms with Gasteiger partial charge in [0.2, 0.25) is 0 Å². The molecule has 1 amide bonds. The van der Waals surface area contributed by atoms with Crippen LogP contribution in [0.1, 0.15) is 23.2 Å². The summed E-state index contributed by atoms with van der Waals surface area (Å²) in [4.78, 5) is 14.3. The number of nitrogens with zero attached hydrogens (tertiary/aromatic N) is 2. The van der Waals surface area contributed by atoms with Gasteiger partial charge in [-0.2, -0.15) is 8.42 Å². The van der Waals surface area contributed by atoms with Crippen LogP contribution in [0, 0.1) is 11.7 Å².